The van der Waals surface area contributed by atoms with Gasteiger partial charge in [-0.1, -0.05) is 38.8 Å². The van der Waals surface area contributed by atoms with Crippen LogP contribution in [-0.2, 0) is 9.47 Å². The third-order valence-electron chi connectivity index (χ3n) is 2.71. The van der Waals surface area contributed by atoms with Crippen LogP contribution in [0.3, 0.4) is 0 Å². The van der Waals surface area contributed by atoms with Gasteiger partial charge in [-0.25, -0.2) is 9.59 Å². The van der Waals surface area contributed by atoms with Crippen LogP contribution in [-0.4, -0.2) is 25.3 Å². The molecule has 5 heteroatoms. The van der Waals surface area contributed by atoms with Gasteiger partial charge in [0.2, 0.25) is 0 Å². The maximum absolute atomic E-state index is 11.9. The maximum atomic E-state index is 11.9. The maximum Gasteiger partial charge on any atom is 0.513 e. The van der Waals surface area contributed by atoms with Crippen LogP contribution < -0.4 is 4.74 Å². The van der Waals surface area contributed by atoms with Gasteiger partial charge in [0.15, 0.2) is 0 Å². The fourth-order valence-electron chi connectivity index (χ4n) is 1.62. The number of hydrogen-bond acceptors (Lipinski definition) is 5. The number of carbonyl (C=O) groups is 2. The Labute approximate surface area is 125 Å². The van der Waals surface area contributed by atoms with E-state index in [1.165, 1.54) is 6.07 Å². The van der Waals surface area contributed by atoms with Crippen LogP contribution in [0, 0.1) is 0 Å². The lowest BCUT2D eigenvalue weighted by atomic mass is 10.2. The summed E-state index contributed by atoms with van der Waals surface area (Å²) < 4.78 is 15.1. The Hall–Kier alpha value is -2.04. The van der Waals surface area contributed by atoms with E-state index in [9.17, 15) is 9.59 Å². The number of ether oxygens (including phenoxy) is 3. The minimum atomic E-state index is -0.804. The Balaban J connectivity index is 2.58. The van der Waals surface area contributed by atoms with Gasteiger partial charge in [-0.05, 0) is 25.0 Å². The van der Waals surface area contributed by atoms with Crippen LogP contribution in [0.4, 0.5) is 4.79 Å². The number of unbranched alkanes of at least 4 members (excludes halogenated alkanes) is 2. The molecule has 0 atom stereocenters. The minimum Gasteiger partial charge on any atom is -0.462 e. The highest BCUT2D eigenvalue weighted by Crippen LogP contribution is 2.19. The van der Waals surface area contributed by atoms with Crippen molar-refractivity contribution in [3.8, 4) is 5.75 Å². The third kappa shape index (κ3) is 6.29. The molecule has 0 N–H and O–H groups in total. The Bertz CT molecular complexity index is 456. The summed E-state index contributed by atoms with van der Waals surface area (Å²) in [4.78, 5) is 23.4. The van der Waals surface area contributed by atoms with E-state index in [1.807, 2.05) is 6.92 Å². The van der Waals surface area contributed by atoms with Crippen molar-refractivity contribution in [1.82, 2.24) is 0 Å². The predicted molar refractivity (Wildman–Crippen MR) is 78.5 cm³/mol. The molecule has 0 aromatic heterocycles. The molecule has 0 aliphatic heterocycles. The van der Waals surface area contributed by atoms with Crippen molar-refractivity contribution < 1.29 is 23.8 Å². The van der Waals surface area contributed by atoms with Crippen molar-refractivity contribution in [3.05, 3.63) is 29.8 Å². The van der Waals surface area contributed by atoms with Gasteiger partial charge in [0.1, 0.15) is 11.3 Å². The van der Waals surface area contributed by atoms with Crippen molar-refractivity contribution in [1.29, 1.82) is 0 Å². The van der Waals surface area contributed by atoms with Gasteiger partial charge < -0.3 is 14.2 Å². The first-order chi connectivity index (χ1) is 10.2. The number of benzene rings is 1. The molecule has 0 aliphatic carbocycles. The van der Waals surface area contributed by atoms with E-state index in [2.05, 4.69) is 6.92 Å². The Morgan fingerprint density at radius 1 is 0.952 bits per heavy atom. The van der Waals surface area contributed by atoms with Crippen molar-refractivity contribution in [2.75, 3.05) is 13.2 Å². The van der Waals surface area contributed by atoms with Crippen molar-refractivity contribution in [2.45, 2.75) is 39.5 Å². The van der Waals surface area contributed by atoms with Crippen molar-refractivity contribution in [3.63, 3.8) is 0 Å². The molecule has 0 saturated carbocycles. The Morgan fingerprint density at radius 3 is 2.43 bits per heavy atom. The van der Waals surface area contributed by atoms with Gasteiger partial charge in [-0.3, -0.25) is 0 Å². The molecule has 0 bridgehead atoms. The van der Waals surface area contributed by atoms with E-state index in [-0.39, 0.29) is 11.3 Å². The second-order valence-corrected chi connectivity index (χ2v) is 4.54. The van der Waals surface area contributed by atoms with Gasteiger partial charge in [0.25, 0.3) is 0 Å². The predicted octanol–water partition coefficient (Wildman–Crippen LogP) is 3.96. The molecule has 1 rings (SSSR count). The number of esters is 1. The summed E-state index contributed by atoms with van der Waals surface area (Å²) in [6.45, 7) is 4.61. The molecule has 0 radical (unpaired) electrons. The number of para-hydroxylation sites is 1. The van der Waals surface area contributed by atoms with Crippen molar-refractivity contribution >= 4 is 12.1 Å². The smallest absolute Gasteiger partial charge is 0.462 e. The van der Waals surface area contributed by atoms with Gasteiger partial charge in [-0.15, -0.1) is 0 Å². The standard InChI is InChI=1S/C16H22O5/c1-3-5-8-12-20-16(18)21-14-10-7-6-9-13(14)15(17)19-11-4-2/h6-7,9-10H,3-5,8,11-12H2,1-2H3. The molecule has 0 fully saturated rings. The van der Waals surface area contributed by atoms with Crippen LogP contribution in [0.1, 0.15) is 49.9 Å². The summed E-state index contributed by atoms with van der Waals surface area (Å²) in [5, 5.41) is 0. The molecule has 1 aromatic rings. The Kier molecular flexibility index (Phi) is 7.94. The number of hydrogen-bond donors (Lipinski definition) is 0. The van der Waals surface area contributed by atoms with Crippen LogP contribution in [0.25, 0.3) is 0 Å². The first-order valence-electron chi connectivity index (χ1n) is 7.29. The molecule has 21 heavy (non-hydrogen) atoms. The van der Waals surface area contributed by atoms with Gasteiger partial charge in [-0.2, -0.15) is 0 Å². The summed E-state index contributed by atoms with van der Waals surface area (Å²) in [6, 6.07) is 6.45. The zero-order chi connectivity index (χ0) is 15.5. The van der Waals surface area contributed by atoms with Crippen LogP contribution >= 0.6 is 0 Å². The summed E-state index contributed by atoms with van der Waals surface area (Å²) in [7, 11) is 0. The first kappa shape index (κ1) is 17.0. The second-order valence-electron chi connectivity index (χ2n) is 4.54. The van der Waals surface area contributed by atoms with Gasteiger partial charge >= 0.3 is 12.1 Å². The molecular weight excluding hydrogens is 272 g/mol. The highest BCUT2D eigenvalue weighted by Gasteiger charge is 2.16. The van der Waals surface area contributed by atoms with Crippen LogP contribution in [0.2, 0.25) is 0 Å². The first-order valence-corrected chi connectivity index (χ1v) is 7.29. The average molecular weight is 294 g/mol. The van der Waals surface area contributed by atoms with Crippen LogP contribution in [0.5, 0.6) is 5.75 Å². The van der Waals surface area contributed by atoms with E-state index in [4.69, 9.17) is 14.2 Å². The molecule has 0 aliphatic rings. The van der Waals surface area contributed by atoms with E-state index in [1.54, 1.807) is 18.2 Å². The number of rotatable bonds is 8. The molecule has 0 heterocycles. The highest BCUT2D eigenvalue weighted by atomic mass is 16.7. The lowest BCUT2D eigenvalue weighted by Crippen LogP contribution is -2.15. The summed E-state index contributed by atoms with van der Waals surface area (Å²) >= 11 is 0. The monoisotopic (exact) mass is 294 g/mol. The molecule has 0 saturated heterocycles. The highest BCUT2D eigenvalue weighted by molar-refractivity contribution is 5.93. The zero-order valence-electron chi connectivity index (χ0n) is 12.6. The molecular formula is C16H22O5. The third-order valence-corrected chi connectivity index (χ3v) is 2.71. The fourth-order valence-corrected chi connectivity index (χ4v) is 1.62. The molecule has 116 valence electrons. The minimum absolute atomic E-state index is 0.152. The van der Waals surface area contributed by atoms with E-state index in [0.29, 0.717) is 13.2 Å². The molecule has 1 aromatic carbocycles. The second kappa shape index (κ2) is 9.80. The fraction of sp³-hybridized carbons (Fsp3) is 0.500. The quantitative estimate of drug-likeness (QED) is 0.412. The van der Waals surface area contributed by atoms with Crippen LogP contribution in [0.15, 0.2) is 24.3 Å². The van der Waals surface area contributed by atoms with Gasteiger partial charge in [0, 0.05) is 0 Å². The molecule has 0 unspecified atom stereocenters. The molecule has 5 nitrogen and oxygen atoms in total. The van der Waals surface area contributed by atoms with E-state index >= 15 is 0 Å². The largest absolute Gasteiger partial charge is 0.513 e. The zero-order valence-corrected chi connectivity index (χ0v) is 12.6. The average Bonchev–Trinajstić information content (AvgIpc) is 2.50. The van der Waals surface area contributed by atoms with E-state index in [0.717, 1.165) is 25.7 Å². The molecule has 0 amide bonds. The number of carbonyl (C=O) groups excluding carboxylic acids is 2. The topological polar surface area (TPSA) is 61.8 Å². The lowest BCUT2D eigenvalue weighted by Gasteiger charge is -2.09. The summed E-state index contributed by atoms with van der Waals surface area (Å²) in [5.41, 5.74) is 0.219. The van der Waals surface area contributed by atoms with Gasteiger partial charge in [0.05, 0.1) is 13.2 Å². The summed E-state index contributed by atoms with van der Waals surface area (Å²) in [5.74, 6) is -0.356. The lowest BCUT2D eigenvalue weighted by molar-refractivity contribution is 0.0499. The summed E-state index contributed by atoms with van der Waals surface area (Å²) in [6.07, 6.45) is 2.76. The SMILES string of the molecule is CCCCCOC(=O)Oc1ccccc1C(=O)OCCC. The van der Waals surface area contributed by atoms with Crippen molar-refractivity contribution in [2.24, 2.45) is 0 Å². The molecule has 0 spiro atoms. The Morgan fingerprint density at radius 2 is 1.71 bits per heavy atom. The normalized spacial score (nSPS) is 10.0. The van der Waals surface area contributed by atoms with E-state index < -0.39 is 12.1 Å².